The van der Waals surface area contributed by atoms with Gasteiger partial charge in [-0.05, 0) is 24.6 Å². The zero-order valence-electron chi connectivity index (χ0n) is 14.6. The first-order valence-electron chi connectivity index (χ1n) is 8.21. The van der Waals surface area contributed by atoms with Crippen LogP contribution in [0.2, 0.25) is 0 Å². The van der Waals surface area contributed by atoms with Crippen LogP contribution in [0.5, 0.6) is 0 Å². The highest BCUT2D eigenvalue weighted by Gasteiger charge is 2.12. The minimum absolute atomic E-state index is 0.0699. The van der Waals surface area contributed by atoms with E-state index >= 15 is 0 Å². The van der Waals surface area contributed by atoms with Gasteiger partial charge >= 0.3 is 5.69 Å². The second-order valence-electron chi connectivity index (χ2n) is 5.89. The van der Waals surface area contributed by atoms with Crippen molar-refractivity contribution in [3.8, 4) is 0 Å². The van der Waals surface area contributed by atoms with Crippen molar-refractivity contribution in [1.29, 1.82) is 0 Å². The Kier molecular flexibility index (Phi) is 6.10. The summed E-state index contributed by atoms with van der Waals surface area (Å²) in [5.41, 5.74) is 0.761. The first kappa shape index (κ1) is 18.4. The number of carbonyl (C=O) groups is 2. The molecule has 0 aliphatic carbocycles. The number of rotatable bonds is 7. The van der Waals surface area contributed by atoms with E-state index in [9.17, 15) is 14.4 Å². The van der Waals surface area contributed by atoms with Crippen LogP contribution in [-0.4, -0.2) is 33.1 Å². The van der Waals surface area contributed by atoms with Gasteiger partial charge in [-0.3, -0.25) is 14.2 Å². The van der Waals surface area contributed by atoms with E-state index in [-0.39, 0.29) is 23.4 Å². The fourth-order valence-corrected chi connectivity index (χ4v) is 2.18. The van der Waals surface area contributed by atoms with Crippen LogP contribution >= 0.6 is 0 Å². The van der Waals surface area contributed by atoms with Crippen molar-refractivity contribution in [3.63, 3.8) is 0 Å². The molecule has 1 heterocycles. The molecule has 0 aliphatic rings. The van der Waals surface area contributed by atoms with E-state index < -0.39 is 0 Å². The van der Waals surface area contributed by atoms with Crippen molar-refractivity contribution < 1.29 is 9.59 Å². The molecule has 0 bridgehead atoms. The Bertz CT molecular complexity index is 809. The number of aromatic nitrogens is 3. The van der Waals surface area contributed by atoms with Gasteiger partial charge < -0.3 is 10.6 Å². The molecule has 0 fully saturated rings. The van der Waals surface area contributed by atoms with E-state index in [0.717, 1.165) is 6.42 Å². The molecule has 1 aromatic heterocycles. The average molecular weight is 345 g/mol. The number of H-pyrrole nitrogens is 1. The van der Waals surface area contributed by atoms with Crippen molar-refractivity contribution >= 4 is 17.5 Å². The molecule has 134 valence electrons. The van der Waals surface area contributed by atoms with Gasteiger partial charge in [0.05, 0.1) is 0 Å². The maximum atomic E-state index is 12.2. The number of nitrogens with one attached hydrogen (secondary N) is 3. The Morgan fingerprint density at radius 3 is 2.76 bits per heavy atom. The first-order chi connectivity index (χ1) is 11.9. The summed E-state index contributed by atoms with van der Waals surface area (Å²) in [5.74, 6) is 0.164. The predicted molar refractivity (Wildman–Crippen MR) is 94.4 cm³/mol. The summed E-state index contributed by atoms with van der Waals surface area (Å²) in [4.78, 5) is 35.4. The van der Waals surface area contributed by atoms with E-state index in [1.807, 2.05) is 13.8 Å². The van der Waals surface area contributed by atoms with E-state index in [0.29, 0.717) is 30.0 Å². The molecule has 2 amide bonds. The molecule has 3 N–H and O–H groups in total. The van der Waals surface area contributed by atoms with Crippen molar-refractivity contribution in [2.45, 2.75) is 26.7 Å². The van der Waals surface area contributed by atoms with Gasteiger partial charge in [0.2, 0.25) is 5.91 Å². The number of carbonyl (C=O) groups excluding carboxylic acids is 2. The van der Waals surface area contributed by atoms with Gasteiger partial charge in [0.25, 0.3) is 5.91 Å². The van der Waals surface area contributed by atoms with E-state index in [4.69, 9.17) is 0 Å². The van der Waals surface area contributed by atoms with Crippen molar-refractivity contribution in [3.05, 3.63) is 46.1 Å². The molecule has 8 heteroatoms. The summed E-state index contributed by atoms with van der Waals surface area (Å²) in [6.07, 6.45) is 1.19. The fraction of sp³-hybridized carbons (Fsp3) is 0.412. The van der Waals surface area contributed by atoms with Crippen LogP contribution in [-0.2, 0) is 18.3 Å². The van der Waals surface area contributed by atoms with Crippen LogP contribution in [0, 0.1) is 5.92 Å². The molecule has 1 aromatic carbocycles. The normalized spacial score (nSPS) is 11.8. The van der Waals surface area contributed by atoms with Crippen LogP contribution < -0.4 is 16.3 Å². The Morgan fingerprint density at radius 1 is 1.36 bits per heavy atom. The number of hydrogen-bond donors (Lipinski definition) is 3. The summed E-state index contributed by atoms with van der Waals surface area (Å²) in [6.45, 7) is 4.15. The zero-order chi connectivity index (χ0) is 18.4. The Morgan fingerprint density at radius 2 is 2.12 bits per heavy atom. The van der Waals surface area contributed by atoms with Crippen LogP contribution in [0.3, 0.4) is 0 Å². The van der Waals surface area contributed by atoms with Gasteiger partial charge in [-0.25, -0.2) is 9.89 Å². The summed E-state index contributed by atoms with van der Waals surface area (Å²) in [6, 6.07) is 6.79. The van der Waals surface area contributed by atoms with Gasteiger partial charge in [-0.15, -0.1) is 0 Å². The molecule has 0 radical (unpaired) electrons. The van der Waals surface area contributed by atoms with Crippen molar-refractivity contribution in [2.24, 2.45) is 13.0 Å². The Balaban J connectivity index is 1.93. The molecule has 2 rings (SSSR count). The fourth-order valence-electron chi connectivity index (χ4n) is 2.18. The molecule has 25 heavy (non-hydrogen) atoms. The van der Waals surface area contributed by atoms with Gasteiger partial charge in [0.1, 0.15) is 5.82 Å². The zero-order valence-corrected chi connectivity index (χ0v) is 14.6. The highest BCUT2D eigenvalue weighted by molar-refractivity contribution is 5.97. The van der Waals surface area contributed by atoms with E-state index in [1.54, 1.807) is 31.3 Å². The van der Waals surface area contributed by atoms with Crippen molar-refractivity contribution in [2.75, 3.05) is 11.9 Å². The molecular formula is C17H23N5O3. The lowest BCUT2D eigenvalue weighted by Gasteiger charge is -2.11. The summed E-state index contributed by atoms with van der Waals surface area (Å²) >= 11 is 0. The summed E-state index contributed by atoms with van der Waals surface area (Å²) in [7, 11) is 1.62. The van der Waals surface area contributed by atoms with Crippen LogP contribution in [0.4, 0.5) is 5.69 Å². The summed E-state index contributed by atoms with van der Waals surface area (Å²) in [5, 5.41) is 11.8. The molecule has 8 nitrogen and oxygen atoms in total. The number of benzene rings is 1. The maximum Gasteiger partial charge on any atom is 0.343 e. The van der Waals surface area contributed by atoms with Gasteiger partial charge in [0.15, 0.2) is 0 Å². The minimum atomic E-state index is -0.286. The minimum Gasteiger partial charge on any atom is -0.352 e. The second-order valence-corrected chi connectivity index (χ2v) is 5.89. The molecule has 1 atom stereocenters. The van der Waals surface area contributed by atoms with Crippen molar-refractivity contribution in [1.82, 2.24) is 20.1 Å². The number of nitrogens with zero attached hydrogens (tertiary/aromatic N) is 2. The van der Waals surface area contributed by atoms with Crippen LogP contribution in [0.25, 0.3) is 0 Å². The molecule has 0 saturated carbocycles. The van der Waals surface area contributed by atoms with Gasteiger partial charge in [0, 0.05) is 37.2 Å². The van der Waals surface area contributed by atoms with E-state index in [1.165, 1.54) is 4.57 Å². The third-order valence-corrected chi connectivity index (χ3v) is 4.06. The Hall–Kier alpha value is -2.90. The topological polar surface area (TPSA) is 109 Å². The third-order valence-electron chi connectivity index (χ3n) is 4.06. The molecule has 1 unspecified atom stereocenters. The number of hydrogen-bond acceptors (Lipinski definition) is 4. The van der Waals surface area contributed by atoms with Crippen LogP contribution in [0.15, 0.2) is 29.1 Å². The largest absolute Gasteiger partial charge is 0.352 e. The van der Waals surface area contributed by atoms with Gasteiger partial charge in [-0.1, -0.05) is 19.9 Å². The average Bonchev–Trinajstić information content (AvgIpc) is 2.93. The number of amides is 2. The monoisotopic (exact) mass is 345 g/mol. The lowest BCUT2D eigenvalue weighted by atomic mass is 10.1. The lowest BCUT2D eigenvalue weighted by Crippen LogP contribution is -2.27. The number of aromatic amines is 1. The summed E-state index contributed by atoms with van der Waals surface area (Å²) < 4.78 is 1.40. The first-order valence-corrected chi connectivity index (χ1v) is 8.21. The smallest absolute Gasteiger partial charge is 0.343 e. The van der Waals surface area contributed by atoms with E-state index in [2.05, 4.69) is 20.8 Å². The highest BCUT2D eigenvalue weighted by Crippen LogP contribution is 2.13. The SMILES string of the molecule is CCC(C)C(=O)Nc1cccc(C(=O)NCCc2n[nH]c(=O)n2C)c1. The molecule has 2 aromatic rings. The maximum absolute atomic E-state index is 12.2. The standard InChI is InChI=1S/C17H23N5O3/c1-4-11(2)15(23)19-13-7-5-6-12(10-13)16(24)18-9-8-14-20-21-17(25)22(14)3/h5-7,10-11H,4,8-9H2,1-3H3,(H,18,24)(H,19,23)(H,21,25). The molecular weight excluding hydrogens is 322 g/mol. The lowest BCUT2D eigenvalue weighted by molar-refractivity contribution is -0.119. The number of anilines is 1. The van der Waals surface area contributed by atoms with Gasteiger partial charge in [-0.2, -0.15) is 5.10 Å². The molecule has 0 spiro atoms. The molecule has 0 aliphatic heterocycles. The second kappa shape index (κ2) is 8.27. The Labute approximate surface area is 145 Å². The molecule has 0 saturated heterocycles. The highest BCUT2D eigenvalue weighted by atomic mass is 16.2. The predicted octanol–water partition coefficient (Wildman–Crippen LogP) is 1.07. The third kappa shape index (κ3) is 4.79. The van der Waals surface area contributed by atoms with Crippen LogP contribution in [0.1, 0.15) is 36.5 Å². The quantitative estimate of drug-likeness (QED) is 0.697.